The molecule has 3 nitrogen and oxygen atoms in total. The van der Waals surface area contributed by atoms with Crippen molar-refractivity contribution in [2.24, 2.45) is 0 Å². The second-order valence-corrected chi connectivity index (χ2v) is 4.03. The highest BCUT2D eigenvalue weighted by Gasteiger charge is 2.11. The van der Waals surface area contributed by atoms with E-state index in [0.717, 1.165) is 21.9 Å². The fourth-order valence-electron chi connectivity index (χ4n) is 1.48. The summed E-state index contributed by atoms with van der Waals surface area (Å²) in [5.74, 6) is 0. The third-order valence-electron chi connectivity index (χ3n) is 2.14. The molecule has 72 valence electrons. The minimum atomic E-state index is -0.0590. The summed E-state index contributed by atoms with van der Waals surface area (Å²) < 4.78 is 0.941. The Bertz CT molecular complexity index is 490. The molecule has 1 aromatic carbocycles. The van der Waals surface area contributed by atoms with E-state index < -0.39 is 0 Å². The Hall–Kier alpha value is -1.39. The second kappa shape index (κ2) is 3.40. The van der Waals surface area contributed by atoms with Crippen molar-refractivity contribution in [3.8, 4) is 0 Å². The molecule has 0 atom stereocenters. The first-order valence-corrected chi connectivity index (χ1v) is 4.95. The molecule has 0 saturated carbocycles. The third-order valence-corrected chi connectivity index (χ3v) is 3.24. The second-order valence-electron chi connectivity index (χ2n) is 2.95. The molecule has 0 aliphatic carbocycles. The molecule has 0 spiro atoms. The van der Waals surface area contributed by atoms with Crippen molar-refractivity contribution in [3.05, 3.63) is 28.6 Å². The van der Waals surface area contributed by atoms with Gasteiger partial charge in [0.15, 0.2) is 6.29 Å². The lowest BCUT2D eigenvalue weighted by atomic mass is 10.1. The Morgan fingerprint density at radius 3 is 2.93 bits per heavy atom. The normalized spacial score (nSPS) is 10.6. The number of carbonyl (C=O) groups excluding carboxylic acids is 1. The van der Waals surface area contributed by atoms with Crippen LogP contribution < -0.4 is 5.73 Å². The van der Waals surface area contributed by atoms with Crippen molar-refractivity contribution < 1.29 is 9.90 Å². The lowest BCUT2D eigenvalue weighted by molar-refractivity contribution is 0.112. The van der Waals surface area contributed by atoms with E-state index in [1.165, 1.54) is 11.3 Å². The zero-order valence-corrected chi connectivity index (χ0v) is 8.17. The number of hydrogen-bond donors (Lipinski definition) is 2. The number of rotatable bonds is 2. The average molecular weight is 207 g/mol. The smallest absolute Gasteiger partial charge is 0.162 e. The molecule has 14 heavy (non-hydrogen) atoms. The molecular weight excluding hydrogens is 198 g/mol. The van der Waals surface area contributed by atoms with Gasteiger partial charge in [0.25, 0.3) is 0 Å². The fraction of sp³-hybridized carbons (Fsp3) is 0.100. The molecule has 0 bridgehead atoms. The number of fused-ring (bicyclic) bond motifs is 1. The van der Waals surface area contributed by atoms with Crippen LogP contribution in [0.25, 0.3) is 10.1 Å². The van der Waals surface area contributed by atoms with Gasteiger partial charge < -0.3 is 10.8 Å². The van der Waals surface area contributed by atoms with Gasteiger partial charge in [0.2, 0.25) is 0 Å². The monoisotopic (exact) mass is 207 g/mol. The first-order chi connectivity index (χ1) is 6.77. The van der Waals surface area contributed by atoms with Crippen LogP contribution in [0, 0.1) is 0 Å². The molecule has 3 N–H and O–H groups in total. The van der Waals surface area contributed by atoms with E-state index in [-0.39, 0.29) is 6.61 Å². The van der Waals surface area contributed by atoms with Gasteiger partial charge in [-0.3, -0.25) is 4.79 Å². The van der Waals surface area contributed by atoms with Gasteiger partial charge >= 0.3 is 0 Å². The Balaban J connectivity index is 2.85. The molecule has 1 heterocycles. The summed E-state index contributed by atoms with van der Waals surface area (Å²) in [6.45, 7) is -0.0590. The van der Waals surface area contributed by atoms with Crippen molar-refractivity contribution in [1.82, 2.24) is 0 Å². The molecular formula is C10H9NO2S. The highest BCUT2D eigenvalue weighted by Crippen LogP contribution is 2.34. The number of aldehydes is 1. The topological polar surface area (TPSA) is 63.3 Å². The molecule has 0 aliphatic rings. The van der Waals surface area contributed by atoms with Crippen molar-refractivity contribution in [1.29, 1.82) is 0 Å². The molecule has 0 saturated heterocycles. The fourth-order valence-corrected chi connectivity index (χ4v) is 2.47. The Labute approximate surface area is 84.8 Å². The number of benzene rings is 1. The quantitative estimate of drug-likeness (QED) is 0.738. The average Bonchev–Trinajstić information content (AvgIpc) is 2.55. The molecule has 0 amide bonds. The molecule has 0 radical (unpaired) electrons. The van der Waals surface area contributed by atoms with Gasteiger partial charge in [0, 0.05) is 10.1 Å². The maximum Gasteiger partial charge on any atom is 0.162 e. The predicted molar refractivity (Wildman–Crippen MR) is 57.5 cm³/mol. The minimum Gasteiger partial charge on any atom is -0.397 e. The Kier molecular flexibility index (Phi) is 2.23. The van der Waals surface area contributed by atoms with E-state index in [1.54, 1.807) is 6.07 Å². The first kappa shape index (κ1) is 9.18. The highest BCUT2D eigenvalue weighted by atomic mass is 32.1. The van der Waals surface area contributed by atoms with Crippen LogP contribution in [0.4, 0.5) is 5.69 Å². The maximum absolute atomic E-state index is 10.7. The van der Waals surface area contributed by atoms with Crippen LogP contribution in [0.1, 0.15) is 15.2 Å². The largest absolute Gasteiger partial charge is 0.397 e. The minimum absolute atomic E-state index is 0.0590. The number of aliphatic hydroxyl groups excluding tert-OH is 1. The van der Waals surface area contributed by atoms with E-state index in [2.05, 4.69) is 0 Å². The maximum atomic E-state index is 10.7. The van der Waals surface area contributed by atoms with Crippen molar-refractivity contribution in [2.75, 3.05) is 5.73 Å². The lowest BCUT2D eigenvalue weighted by Crippen LogP contribution is -1.90. The molecule has 0 aliphatic heterocycles. The number of nitrogen functional groups attached to an aromatic ring is 1. The summed E-state index contributed by atoms with van der Waals surface area (Å²) in [7, 11) is 0. The molecule has 1 aromatic heterocycles. The van der Waals surface area contributed by atoms with Gasteiger partial charge in [0.1, 0.15) is 0 Å². The highest BCUT2D eigenvalue weighted by molar-refractivity contribution is 7.21. The number of anilines is 1. The van der Waals surface area contributed by atoms with Crippen molar-refractivity contribution >= 4 is 33.4 Å². The van der Waals surface area contributed by atoms with Crippen LogP contribution in [-0.4, -0.2) is 11.4 Å². The predicted octanol–water partition coefficient (Wildman–Crippen LogP) is 1.79. The first-order valence-electron chi connectivity index (χ1n) is 4.14. The number of hydrogen-bond acceptors (Lipinski definition) is 4. The Morgan fingerprint density at radius 1 is 1.50 bits per heavy atom. The van der Waals surface area contributed by atoms with Gasteiger partial charge in [-0.05, 0) is 11.6 Å². The van der Waals surface area contributed by atoms with Gasteiger partial charge in [-0.25, -0.2) is 0 Å². The zero-order valence-electron chi connectivity index (χ0n) is 7.36. The Morgan fingerprint density at radius 2 is 2.29 bits per heavy atom. The standard InChI is InChI=1S/C10H9NO2S/c11-10-8(5-13)14-7-3-1-2-6(4-12)9(7)10/h1-3,5,12H,4,11H2. The number of carbonyl (C=O) groups is 1. The summed E-state index contributed by atoms with van der Waals surface area (Å²) in [5, 5.41) is 9.91. The van der Waals surface area contributed by atoms with Gasteiger partial charge in [0.05, 0.1) is 17.2 Å². The van der Waals surface area contributed by atoms with Gasteiger partial charge in [-0.1, -0.05) is 12.1 Å². The van der Waals surface area contributed by atoms with Gasteiger partial charge in [-0.15, -0.1) is 11.3 Å². The van der Waals surface area contributed by atoms with Crippen molar-refractivity contribution in [2.45, 2.75) is 6.61 Å². The van der Waals surface area contributed by atoms with Crippen LogP contribution in [0.3, 0.4) is 0 Å². The summed E-state index contributed by atoms with van der Waals surface area (Å²) in [6.07, 6.45) is 0.751. The van der Waals surface area contributed by atoms with E-state index in [1.807, 2.05) is 12.1 Å². The van der Waals surface area contributed by atoms with E-state index in [0.29, 0.717) is 10.6 Å². The van der Waals surface area contributed by atoms with Crippen LogP contribution >= 0.6 is 11.3 Å². The van der Waals surface area contributed by atoms with Crippen LogP contribution in [0.5, 0.6) is 0 Å². The third kappa shape index (κ3) is 1.20. The van der Waals surface area contributed by atoms with E-state index in [9.17, 15) is 4.79 Å². The number of thiophene rings is 1. The molecule has 0 unspecified atom stereocenters. The van der Waals surface area contributed by atoms with Crippen LogP contribution in [0.15, 0.2) is 18.2 Å². The molecule has 0 fully saturated rings. The zero-order chi connectivity index (χ0) is 10.1. The summed E-state index contributed by atoms with van der Waals surface area (Å²) in [5.41, 5.74) is 7.04. The summed E-state index contributed by atoms with van der Waals surface area (Å²) >= 11 is 1.35. The van der Waals surface area contributed by atoms with Crippen molar-refractivity contribution in [3.63, 3.8) is 0 Å². The summed E-state index contributed by atoms with van der Waals surface area (Å²) in [6, 6.07) is 5.54. The SMILES string of the molecule is Nc1c(C=O)sc2cccc(CO)c12. The molecule has 4 heteroatoms. The van der Waals surface area contributed by atoms with Crippen LogP contribution in [-0.2, 0) is 6.61 Å². The number of aliphatic hydroxyl groups is 1. The van der Waals surface area contributed by atoms with E-state index >= 15 is 0 Å². The molecule has 2 rings (SSSR count). The van der Waals surface area contributed by atoms with Gasteiger partial charge in [-0.2, -0.15) is 0 Å². The number of nitrogens with two attached hydrogens (primary N) is 1. The molecule has 2 aromatic rings. The lowest BCUT2D eigenvalue weighted by Gasteiger charge is -1.99. The van der Waals surface area contributed by atoms with E-state index in [4.69, 9.17) is 10.8 Å². The summed E-state index contributed by atoms with van der Waals surface area (Å²) in [4.78, 5) is 11.2. The van der Waals surface area contributed by atoms with Crippen LogP contribution in [0.2, 0.25) is 0 Å².